The Balaban J connectivity index is 1.48. The van der Waals surface area contributed by atoms with Crippen LogP contribution in [0.3, 0.4) is 0 Å². The number of hydrogen-bond donors (Lipinski definition) is 2. The van der Waals surface area contributed by atoms with Crippen molar-refractivity contribution >= 4 is 0 Å². The molecule has 0 radical (unpaired) electrons. The lowest BCUT2D eigenvalue weighted by atomic mass is 10.0. The molecule has 0 spiro atoms. The van der Waals surface area contributed by atoms with Crippen molar-refractivity contribution in [2.24, 2.45) is 5.92 Å². The Morgan fingerprint density at radius 1 is 1.33 bits per heavy atom. The highest BCUT2D eigenvalue weighted by Crippen LogP contribution is 2.28. The highest BCUT2D eigenvalue weighted by atomic mass is 14.9. The van der Waals surface area contributed by atoms with Gasteiger partial charge in [-0.3, -0.25) is 0 Å². The number of hydrogen-bond acceptors (Lipinski definition) is 1. The molecule has 2 rings (SSSR count). The maximum atomic E-state index is 3.48. The van der Waals surface area contributed by atoms with Crippen molar-refractivity contribution < 1.29 is 0 Å². The van der Waals surface area contributed by atoms with E-state index in [0.717, 1.165) is 19.0 Å². The summed E-state index contributed by atoms with van der Waals surface area (Å²) in [6.45, 7) is 2.15. The van der Waals surface area contributed by atoms with Crippen molar-refractivity contribution in [1.82, 2.24) is 10.3 Å². The molecule has 0 atom stereocenters. The van der Waals surface area contributed by atoms with E-state index in [-0.39, 0.29) is 0 Å². The quantitative estimate of drug-likeness (QED) is 0.688. The number of rotatable bonds is 6. The van der Waals surface area contributed by atoms with E-state index in [4.69, 9.17) is 0 Å². The SMILES string of the molecule is c1c[nH]c(CNCCCC2CCCC2)c1. The molecular formula is C13H22N2. The first kappa shape index (κ1) is 10.7. The molecule has 2 nitrogen and oxygen atoms in total. The van der Waals surface area contributed by atoms with Crippen LogP contribution >= 0.6 is 0 Å². The summed E-state index contributed by atoms with van der Waals surface area (Å²) >= 11 is 0. The van der Waals surface area contributed by atoms with Gasteiger partial charge in [0, 0.05) is 18.4 Å². The monoisotopic (exact) mass is 206 g/mol. The van der Waals surface area contributed by atoms with E-state index in [0.29, 0.717) is 0 Å². The molecule has 2 N–H and O–H groups in total. The van der Waals surface area contributed by atoms with Gasteiger partial charge in [-0.2, -0.15) is 0 Å². The first-order valence-electron chi connectivity index (χ1n) is 6.28. The van der Waals surface area contributed by atoms with Crippen molar-refractivity contribution in [2.45, 2.75) is 45.1 Å². The third kappa shape index (κ3) is 3.71. The van der Waals surface area contributed by atoms with Gasteiger partial charge in [-0.05, 0) is 37.4 Å². The van der Waals surface area contributed by atoms with Gasteiger partial charge in [-0.1, -0.05) is 25.7 Å². The highest BCUT2D eigenvalue weighted by molar-refractivity contribution is 5.02. The molecule has 0 amide bonds. The summed E-state index contributed by atoms with van der Waals surface area (Å²) in [7, 11) is 0. The fraction of sp³-hybridized carbons (Fsp3) is 0.692. The summed E-state index contributed by atoms with van der Waals surface area (Å²) in [5, 5.41) is 3.48. The van der Waals surface area contributed by atoms with Crippen LogP contribution in [0.2, 0.25) is 0 Å². The molecule has 1 fully saturated rings. The second-order valence-electron chi connectivity index (χ2n) is 4.66. The molecule has 0 unspecified atom stereocenters. The summed E-state index contributed by atoms with van der Waals surface area (Å²) in [5.74, 6) is 1.04. The lowest BCUT2D eigenvalue weighted by Crippen LogP contribution is -2.15. The lowest BCUT2D eigenvalue weighted by Gasteiger charge is -2.08. The van der Waals surface area contributed by atoms with Crippen LogP contribution in [0.15, 0.2) is 18.3 Å². The van der Waals surface area contributed by atoms with Gasteiger partial charge in [0.15, 0.2) is 0 Å². The molecule has 1 aliphatic carbocycles. The normalized spacial score (nSPS) is 17.3. The zero-order chi connectivity index (χ0) is 10.3. The topological polar surface area (TPSA) is 27.8 Å². The number of H-pyrrole nitrogens is 1. The summed E-state index contributed by atoms with van der Waals surface area (Å²) in [6.07, 6.45) is 10.7. The summed E-state index contributed by atoms with van der Waals surface area (Å²) < 4.78 is 0. The first-order valence-corrected chi connectivity index (χ1v) is 6.28. The van der Waals surface area contributed by atoms with Gasteiger partial charge >= 0.3 is 0 Å². The molecule has 0 aromatic carbocycles. The Hall–Kier alpha value is -0.760. The Bertz CT molecular complexity index is 248. The van der Waals surface area contributed by atoms with Crippen molar-refractivity contribution in [3.63, 3.8) is 0 Å². The third-order valence-corrected chi connectivity index (χ3v) is 3.42. The van der Waals surface area contributed by atoms with Crippen LogP contribution in [0.5, 0.6) is 0 Å². The van der Waals surface area contributed by atoms with E-state index in [2.05, 4.69) is 22.4 Å². The molecular weight excluding hydrogens is 184 g/mol. The first-order chi connectivity index (χ1) is 7.45. The van der Waals surface area contributed by atoms with E-state index in [1.54, 1.807) is 0 Å². The lowest BCUT2D eigenvalue weighted by molar-refractivity contribution is 0.470. The standard InChI is InChI=1S/C13H22N2/c1-2-6-12(5-1)7-3-9-14-11-13-8-4-10-15-13/h4,8,10,12,14-15H,1-3,5-7,9,11H2. The van der Waals surface area contributed by atoms with Gasteiger partial charge in [0.05, 0.1) is 0 Å². The maximum absolute atomic E-state index is 3.48. The van der Waals surface area contributed by atoms with E-state index in [1.165, 1.54) is 44.2 Å². The fourth-order valence-electron chi connectivity index (χ4n) is 2.52. The van der Waals surface area contributed by atoms with Crippen molar-refractivity contribution in [3.05, 3.63) is 24.0 Å². The minimum absolute atomic E-state index is 0.984. The zero-order valence-corrected chi connectivity index (χ0v) is 9.47. The Morgan fingerprint density at radius 3 is 2.93 bits per heavy atom. The van der Waals surface area contributed by atoms with E-state index in [9.17, 15) is 0 Å². The van der Waals surface area contributed by atoms with Crippen LogP contribution in [0.1, 0.15) is 44.2 Å². The molecule has 2 heteroatoms. The molecule has 0 aliphatic heterocycles. The summed E-state index contributed by atoms with van der Waals surface area (Å²) in [4.78, 5) is 3.21. The van der Waals surface area contributed by atoms with Crippen LogP contribution < -0.4 is 5.32 Å². The van der Waals surface area contributed by atoms with Gasteiger partial charge in [-0.25, -0.2) is 0 Å². The van der Waals surface area contributed by atoms with Gasteiger partial charge < -0.3 is 10.3 Å². The molecule has 1 aliphatic rings. The van der Waals surface area contributed by atoms with E-state index >= 15 is 0 Å². The Morgan fingerprint density at radius 2 is 2.20 bits per heavy atom. The predicted molar refractivity (Wildman–Crippen MR) is 63.7 cm³/mol. The number of aromatic nitrogens is 1. The van der Waals surface area contributed by atoms with Gasteiger partial charge in [0.25, 0.3) is 0 Å². The molecule has 0 saturated heterocycles. The highest BCUT2D eigenvalue weighted by Gasteiger charge is 2.13. The number of nitrogens with one attached hydrogen (secondary N) is 2. The van der Waals surface area contributed by atoms with Crippen LogP contribution in [-0.2, 0) is 6.54 Å². The smallest absolute Gasteiger partial charge is 0.0357 e. The van der Waals surface area contributed by atoms with E-state index in [1.807, 2.05) is 6.20 Å². The average molecular weight is 206 g/mol. The predicted octanol–water partition coefficient (Wildman–Crippen LogP) is 3.07. The van der Waals surface area contributed by atoms with Gasteiger partial charge in [0.1, 0.15) is 0 Å². The molecule has 84 valence electrons. The van der Waals surface area contributed by atoms with Crippen molar-refractivity contribution in [3.8, 4) is 0 Å². The maximum Gasteiger partial charge on any atom is 0.0357 e. The van der Waals surface area contributed by atoms with Gasteiger partial charge in [-0.15, -0.1) is 0 Å². The minimum atomic E-state index is 0.984. The molecule has 1 saturated carbocycles. The van der Waals surface area contributed by atoms with Crippen LogP contribution in [-0.4, -0.2) is 11.5 Å². The summed E-state index contributed by atoms with van der Waals surface area (Å²) in [5.41, 5.74) is 1.29. The van der Waals surface area contributed by atoms with E-state index < -0.39 is 0 Å². The Labute approximate surface area is 92.5 Å². The second-order valence-corrected chi connectivity index (χ2v) is 4.66. The largest absolute Gasteiger partial charge is 0.364 e. The molecule has 1 aromatic heterocycles. The van der Waals surface area contributed by atoms with Crippen molar-refractivity contribution in [1.29, 1.82) is 0 Å². The molecule has 1 aromatic rings. The fourth-order valence-corrected chi connectivity index (χ4v) is 2.52. The minimum Gasteiger partial charge on any atom is -0.364 e. The third-order valence-electron chi connectivity index (χ3n) is 3.42. The molecule has 0 bridgehead atoms. The number of aromatic amines is 1. The van der Waals surface area contributed by atoms with Crippen LogP contribution in [0.25, 0.3) is 0 Å². The van der Waals surface area contributed by atoms with Crippen LogP contribution in [0.4, 0.5) is 0 Å². The van der Waals surface area contributed by atoms with Crippen LogP contribution in [0, 0.1) is 5.92 Å². The zero-order valence-electron chi connectivity index (χ0n) is 9.47. The molecule has 15 heavy (non-hydrogen) atoms. The second kappa shape index (κ2) is 5.96. The molecule has 1 heterocycles. The van der Waals surface area contributed by atoms with Gasteiger partial charge in [0.2, 0.25) is 0 Å². The average Bonchev–Trinajstić information content (AvgIpc) is 2.88. The summed E-state index contributed by atoms with van der Waals surface area (Å²) in [6, 6.07) is 4.18. The Kier molecular flexibility index (Phi) is 4.27. The van der Waals surface area contributed by atoms with Crippen molar-refractivity contribution in [2.75, 3.05) is 6.54 Å².